The number of esters is 2. The monoisotopic (exact) mass is 576 g/mol. The van der Waals surface area contributed by atoms with Crippen LogP contribution < -0.4 is 0 Å². The fourth-order valence-electron chi connectivity index (χ4n) is 4.93. The number of unbranched alkanes of at least 4 members (excludes halogenated alkanes) is 4. The van der Waals surface area contributed by atoms with Crippen molar-refractivity contribution in [1.29, 1.82) is 0 Å². The number of rotatable bonds is 20. The summed E-state index contributed by atoms with van der Waals surface area (Å²) in [6.07, 6.45) is 12.3. The standard InChI is InChI=1S/2C10H19O2.2C4H9.Sn/c2*1-4-7-8-9(5-2)10(11)12-6-3;2*1-3-4-2;/h2*6,9H,4-5,7-8H2,1-3H3;2*1,3-4H2,2H3;. The fraction of sp³-hybridized carbons (Fsp3) is 0.929. The Morgan fingerprint density at radius 1 is 0.606 bits per heavy atom. The second kappa shape index (κ2) is 19.0. The third-order valence-electron chi connectivity index (χ3n) is 7.66. The minimum absolute atomic E-state index is 0.00916. The molecule has 0 saturated carbocycles. The molecule has 0 rings (SSSR count). The summed E-state index contributed by atoms with van der Waals surface area (Å²) in [5.74, 6) is -0.0731. The van der Waals surface area contributed by atoms with Crippen molar-refractivity contribution in [2.75, 3.05) is 0 Å². The molecule has 0 bridgehead atoms. The zero-order valence-corrected chi connectivity index (χ0v) is 26.2. The van der Waals surface area contributed by atoms with Gasteiger partial charge < -0.3 is 0 Å². The van der Waals surface area contributed by atoms with Gasteiger partial charge in [0, 0.05) is 0 Å². The van der Waals surface area contributed by atoms with Gasteiger partial charge in [0.1, 0.15) is 0 Å². The summed E-state index contributed by atoms with van der Waals surface area (Å²) < 4.78 is 14.6. The molecule has 33 heavy (non-hydrogen) atoms. The molecule has 0 aromatic heterocycles. The van der Waals surface area contributed by atoms with E-state index in [0.29, 0.717) is 0 Å². The molecule has 0 spiro atoms. The second-order valence-electron chi connectivity index (χ2n) is 10.1. The molecule has 0 aliphatic rings. The molecule has 0 aliphatic heterocycles. The molecule has 0 aromatic carbocycles. The SMILES string of the molecule is CCCCC(CC)C(=O)O[CH](C)[Sn]([CH2]CCC)([CH2]CCC)[CH](C)OC(=O)C(CC)CCCC. The summed E-state index contributed by atoms with van der Waals surface area (Å²) >= 11 is -3.20. The summed E-state index contributed by atoms with van der Waals surface area (Å²) in [4.78, 5) is 26.2. The first-order chi connectivity index (χ1) is 15.8. The van der Waals surface area contributed by atoms with E-state index in [2.05, 4.69) is 55.4 Å². The van der Waals surface area contributed by atoms with Crippen molar-refractivity contribution in [2.24, 2.45) is 11.8 Å². The Bertz CT molecular complexity index is 476. The zero-order valence-electron chi connectivity index (χ0n) is 23.3. The van der Waals surface area contributed by atoms with Crippen LogP contribution in [-0.2, 0) is 19.1 Å². The third kappa shape index (κ3) is 11.3. The molecule has 4 unspecified atom stereocenters. The van der Waals surface area contributed by atoms with Crippen LogP contribution >= 0.6 is 0 Å². The molecule has 0 radical (unpaired) electrons. The Hall–Kier alpha value is -0.261. The molecule has 0 saturated heterocycles. The minimum atomic E-state index is -3.20. The predicted octanol–water partition coefficient (Wildman–Crippen LogP) is 8.41. The van der Waals surface area contributed by atoms with Crippen molar-refractivity contribution < 1.29 is 19.1 Å². The van der Waals surface area contributed by atoms with E-state index in [1.54, 1.807) is 0 Å². The third-order valence-corrected chi connectivity index (χ3v) is 24.9. The Morgan fingerprint density at radius 2 is 0.939 bits per heavy atom. The first-order valence-electron chi connectivity index (χ1n) is 14.2. The van der Waals surface area contributed by atoms with Gasteiger partial charge in [-0.05, 0) is 0 Å². The molecule has 5 heteroatoms. The van der Waals surface area contributed by atoms with E-state index in [-0.39, 0.29) is 32.0 Å². The Morgan fingerprint density at radius 3 is 1.21 bits per heavy atom. The summed E-state index contributed by atoms with van der Waals surface area (Å²) in [7, 11) is 0. The van der Waals surface area contributed by atoms with Crippen LogP contribution in [0.25, 0.3) is 0 Å². The number of hydrogen-bond acceptors (Lipinski definition) is 4. The van der Waals surface area contributed by atoms with Crippen LogP contribution in [0.5, 0.6) is 0 Å². The van der Waals surface area contributed by atoms with Crippen molar-refractivity contribution in [2.45, 2.75) is 150 Å². The molecule has 0 heterocycles. The van der Waals surface area contributed by atoms with E-state index in [9.17, 15) is 9.59 Å². The van der Waals surface area contributed by atoms with Gasteiger partial charge in [0.2, 0.25) is 0 Å². The van der Waals surface area contributed by atoms with Gasteiger partial charge >= 0.3 is 211 Å². The Kier molecular flexibility index (Phi) is 18.8. The van der Waals surface area contributed by atoms with Crippen LogP contribution in [0.2, 0.25) is 8.87 Å². The van der Waals surface area contributed by atoms with Gasteiger partial charge in [-0.25, -0.2) is 0 Å². The van der Waals surface area contributed by atoms with E-state index in [4.69, 9.17) is 9.47 Å². The summed E-state index contributed by atoms with van der Waals surface area (Å²) in [5.41, 5.74) is 0. The van der Waals surface area contributed by atoms with Crippen molar-refractivity contribution >= 4 is 30.3 Å². The molecule has 0 amide bonds. The molecule has 196 valence electrons. The van der Waals surface area contributed by atoms with Crippen molar-refractivity contribution in [3.8, 4) is 0 Å². The Labute approximate surface area is 210 Å². The van der Waals surface area contributed by atoms with Crippen LogP contribution in [0.1, 0.15) is 132 Å². The molecular weight excluding hydrogens is 519 g/mol. The molecule has 0 N–H and O–H groups in total. The van der Waals surface area contributed by atoms with Gasteiger partial charge in [-0.15, -0.1) is 0 Å². The first kappa shape index (κ1) is 32.7. The van der Waals surface area contributed by atoms with Gasteiger partial charge in [-0.3, -0.25) is 0 Å². The molecule has 0 aliphatic carbocycles. The average molecular weight is 575 g/mol. The Balaban J connectivity index is 5.76. The molecular formula is C28H56O4Sn. The van der Waals surface area contributed by atoms with Gasteiger partial charge in [-0.1, -0.05) is 0 Å². The number of ether oxygens (including phenoxy) is 2. The van der Waals surface area contributed by atoms with Crippen LogP contribution in [0.15, 0.2) is 0 Å². The number of hydrogen-bond donors (Lipinski definition) is 0. The zero-order chi connectivity index (χ0) is 25.3. The predicted molar refractivity (Wildman–Crippen MR) is 143 cm³/mol. The average Bonchev–Trinajstić information content (AvgIpc) is 2.80. The maximum absolute atomic E-state index is 13.1. The van der Waals surface area contributed by atoms with Gasteiger partial charge in [-0.2, -0.15) is 0 Å². The van der Waals surface area contributed by atoms with Gasteiger partial charge in [0.25, 0.3) is 0 Å². The molecule has 4 atom stereocenters. The topological polar surface area (TPSA) is 52.6 Å². The van der Waals surface area contributed by atoms with Crippen molar-refractivity contribution in [3.63, 3.8) is 0 Å². The normalized spacial score (nSPS) is 15.5. The first-order valence-corrected chi connectivity index (χ1v) is 21.5. The fourth-order valence-corrected chi connectivity index (χ4v) is 20.0. The van der Waals surface area contributed by atoms with Gasteiger partial charge in [0.05, 0.1) is 0 Å². The molecule has 4 nitrogen and oxygen atoms in total. The van der Waals surface area contributed by atoms with E-state index < -0.39 is 18.4 Å². The summed E-state index contributed by atoms with van der Waals surface area (Å²) in [6.45, 7) is 17.2. The quantitative estimate of drug-likeness (QED) is 0.108. The second-order valence-corrected chi connectivity index (χ2v) is 24.6. The summed E-state index contributed by atoms with van der Waals surface area (Å²) in [5, 5.41) is 0. The van der Waals surface area contributed by atoms with Crippen LogP contribution in [0.4, 0.5) is 0 Å². The van der Waals surface area contributed by atoms with E-state index >= 15 is 0 Å². The summed E-state index contributed by atoms with van der Waals surface area (Å²) in [6, 6.07) is 0. The number of carbonyl (C=O) groups is 2. The van der Waals surface area contributed by atoms with Crippen molar-refractivity contribution in [3.05, 3.63) is 0 Å². The van der Waals surface area contributed by atoms with E-state index in [1.165, 1.54) is 0 Å². The molecule has 0 fully saturated rings. The maximum atomic E-state index is 13.1. The van der Waals surface area contributed by atoms with Crippen LogP contribution in [0.3, 0.4) is 0 Å². The van der Waals surface area contributed by atoms with Crippen LogP contribution in [0, 0.1) is 11.8 Å². The van der Waals surface area contributed by atoms with Crippen LogP contribution in [-0.4, -0.2) is 38.6 Å². The molecule has 0 aromatic rings. The van der Waals surface area contributed by atoms with Crippen molar-refractivity contribution in [1.82, 2.24) is 0 Å². The van der Waals surface area contributed by atoms with E-state index in [1.807, 2.05) is 0 Å². The number of carbonyl (C=O) groups excluding carboxylic acids is 2. The van der Waals surface area contributed by atoms with Gasteiger partial charge in [0.15, 0.2) is 0 Å². The van der Waals surface area contributed by atoms with E-state index in [0.717, 1.165) is 85.9 Å².